The summed E-state index contributed by atoms with van der Waals surface area (Å²) in [7, 11) is 2.64. The molecule has 2 rings (SSSR count). The molecule has 0 spiro atoms. The Morgan fingerprint density at radius 2 is 1.38 bits per heavy atom. The van der Waals surface area contributed by atoms with Gasteiger partial charge in [-0.05, 0) is 29.8 Å². The minimum atomic E-state index is -3.46. The molecule has 0 unspecified atom stereocenters. The monoisotopic (exact) mass is 378 g/mol. The second-order valence-electron chi connectivity index (χ2n) is 5.41. The Bertz CT molecular complexity index is 870. The van der Waals surface area contributed by atoms with E-state index in [4.69, 9.17) is 18.9 Å². The van der Waals surface area contributed by atoms with E-state index < -0.39 is 9.84 Å². The fourth-order valence-electron chi connectivity index (χ4n) is 2.36. The maximum atomic E-state index is 12.4. The van der Waals surface area contributed by atoms with Crippen LogP contribution in [-0.2, 0) is 15.6 Å². The molecule has 0 saturated heterocycles. The van der Waals surface area contributed by atoms with Gasteiger partial charge in [-0.3, -0.25) is 0 Å². The van der Waals surface area contributed by atoms with Crippen LogP contribution in [0, 0.1) is 0 Å². The van der Waals surface area contributed by atoms with Crippen molar-refractivity contribution in [3.05, 3.63) is 52.9 Å². The Kier molecular flexibility index (Phi) is 6.52. The van der Waals surface area contributed by atoms with Gasteiger partial charge in [-0.1, -0.05) is 12.1 Å². The van der Waals surface area contributed by atoms with E-state index in [9.17, 15) is 8.42 Å². The number of hydrogen-bond acceptors (Lipinski definition) is 6. The molecule has 2 aromatic carbocycles. The summed E-state index contributed by atoms with van der Waals surface area (Å²) in [6, 6.07) is 10.2. The third kappa shape index (κ3) is 4.92. The van der Waals surface area contributed by atoms with Gasteiger partial charge in [-0.25, -0.2) is 8.42 Å². The van der Waals surface area contributed by atoms with E-state index in [1.165, 1.54) is 32.8 Å². The SMILES string of the molecule is COc1ccc(CS(=O)(=O)C=Cc2cc(OC)c(OC)cc2OC)cc1. The summed E-state index contributed by atoms with van der Waals surface area (Å²) < 4.78 is 45.6. The summed E-state index contributed by atoms with van der Waals surface area (Å²) in [5.41, 5.74) is 1.25. The molecule has 0 saturated carbocycles. The smallest absolute Gasteiger partial charge is 0.175 e. The second-order valence-corrected chi connectivity index (χ2v) is 7.29. The minimum absolute atomic E-state index is 0.108. The molecule has 0 atom stereocenters. The van der Waals surface area contributed by atoms with E-state index in [1.54, 1.807) is 43.5 Å². The quantitative estimate of drug-likeness (QED) is 0.702. The molecule has 0 N–H and O–H groups in total. The lowest BCUT2D eigenvalue weighted by molar-refractivity contribution is 0.348. The van der Waals surface area contributed by atoms with E-state index in [1.807, 2.05) is 0 Å². The largest absolute Gasteiger partial charge is 0.497 e. The van der Waals surface area contributed by atoms with Crippen LogP contribution in [0.15, 0.2) is 41.8 Å². The van der Waals surface area contributed by atoms with Crippen LogP contribution in [0.5, 0.6) is 23.0 Å². The van der Waals surface area contributed by atoms with Crippen LogP contribution >= 0.6 is 0 Å². The molecule has 140 valence electrons. The lowest BCUT2D eigenvalue weighted by Gasteiger charge is -2.12. The number of methoxy groups -OCH3 is 4. The molecule has 7 heteroatoms. The average Bonchev–Trinajstić information content (AvgIpc) is 2.65. The van der Waals surface area contributed by atoms with Gasteiger partial charge in [-0.2, -0.15) is 0 Å². The van der Waals surface area contributed by atoms with Crippen molar-refractivity contribution in [2.24, 2.45) is 0 Å². The van der Waals surface area contributed by atoms with E-state index in [2.05, 4.69) is 0 Å². The third-order valence-electron chi connectivity index (χ3n) is 3.72. The fourth-order valence-corrected chi connectivity index (χ4v) is 3.47. The summed E-state index contributed by atoms with van der Waals surface area (Å²) in [5.74, 6) is 2.04. The molecular formula is C19H22O6S. The molecule has 0 bridgehead atoms. The topological polar surface area (TPSA) is 71.1 Å². The highest BCUT2D eigenvalue weighted by molar-refractivity contribution is 7.93. The maximum absolute atomic E-state index is 12.4. The third-order valence-corrected chi connectivity index (χ3v) is 5.00. The van der Waals surface area contributed by atoms with E-state index in [0.717, 1.165) is 0 Å². The lowest BCUT2D eigenvalue weighted by atomic mass is 10.1. The summed E-state index contributed by atoms with van der Waals surface area (Å²) in [5, 5.41) is 1.17. The van der Waals surface area contributed by atoms with Crippen molar-refractivity contribution in [2.75, 3.05) is 28.4 Å². The van der Waals surface area contributed by atoms with Crippen molar-refractivity contribution in [2.45, 2.75) is 5.75 Å². The standard InChI is InChI=1S/C19H22O6S/c1-22-16-7-5-14(6-8-16)13-26(20,21)10-9-15-11-18(24-3)19(25-4)12-17(15)23-2/h5-12H,13H2,1-4H3. The number of rotatable bonds is 8. The first-order chi connectivity index (χ1) is 12.4. The van der Waals surface area contributed by atoms with Crippen LogP contribution in [0.1, 0.15) is 11.1 Å². The molecule has 0 aliphatic carbocycles. The van der Waals surface area contributed by atoms with Gasteiger partial charge in [0.2, 0.25) is 0 Å². The number of sulfone groups is 1. The van der Waals surface area contributed by atoms with Gasteiger partial charge in [0.1, 0.15) is 11.5 Å². The van der Waals surface area contributed by atoms with Crippen molar-refractivity contribution < 1.29 is 27.4 Å². The second kappa shape index (κ2) is 8.62. The van der Waals surface area contributed by atoms with Gasteiger partial charge in [0.25, 0.3) is 0 Å². The van der Waals surface area contributed by atoms with Crippen molar-refractivity contribution in [1.29, 1.82) is 0 Å². The minimum Gasteiger partial charge on any atom is -0.497 e. The van der Waals surface area contributed by atoms with E-state index >= 15 is 0 Å². The normalized spacial score (nSPS) is 11.4. The molecule has 0 aromatic heterocycles. The van der Waals surface area contributed by atoms with Crippen LogP contribution in [-0.4, -0.2) is 36.9 Å². The zero-order valence-corrected chi connectivity index (χ0v) is 16.0. The van der Waals surface area contributed by atoms with Gasteiger partial charge in [0, 0.05) is 17.0 Å². The van der Waals surface area contributed by atoms with Crippen LogP contribution in [0.4, 0.5) is 0 Å². The highest BCUT2D eigenvalue weighted by Crippen LogP contribution is 2.35. The Hall–Kier alpha value is -2.67. The zero-order valence-electron chi connectivity index (χ0n) is 15.2. The molecule has 0 radical (unpaired) electrons. The number of benzene rings is 2. The Morgan fingerprint density at radius 3 is 1.92 bits per heavy atom. The van der Waals surface area contributed by atoms with Crippen LogP contribution in [0.25, 0.3) is 6.08 Å². The zero-order chi connectivity index (χ0) is 19.2. The Morgan fingerprint density at radius 1 is 0.808 bits per heavy atom. The van der Waals surface area contributed by atoms with E-state index in [-0.39, 0.29) is 5.75 Å². The van der Waals surface area contributed by atoms with Crippen molar-refractivity contribution in [3.63, 3.8) is 0 Å². The van der Waals surface area contributed by atoms with Gasteiger partial charge >= 0.3 is 0 Å². The molecule has 26 heavy (non-hydrogen) atoms. The summed E-state index contributed by atoms with van der Waals surface area (Å²) in [6.45, 7) is 0. The average molecular weight is 378 g/mol. The van der Waals surface area contributed by atoms with Crippen LogP contribution in [0.3, 0.4) is 0 Å². The number of ether oxygens (including phenoxy) is 4. The van der Waals surface area contributed by atoms with Crippen molar-refractivity contribution in [1.82, 2.24) is 0 Å². The lowest BCUT2D eigenvalue weighted by Crippen LogP contribution is -2.00. The summed E-state index contributed by atoms with van der Waals surface area (Å²) in [6.07, 6.45) is 1.49. The molecule has 2 aromatic rings. The maximum Gasteiger partial charge on any atom is 0.175 e. The van der Waals surface area contributed by atoms with Crippen molar-refractivity contribution >= 4 is 15.9 Å². The molecule has 0 fully saturated rings. The van der Waals surface area contributed by atoms with Gasteiger partial charge in [0.05, 0.1) is 34.2 Å². The van der Waals surface area contributed by atoms with Gasteiger partial charge in [0.15, 0.2) is 21.3 Å². The molecular weight excluding hydrogens is 356 g/mol. The predicted octanol–water partition coefficient (Wildman–Crippen LogP) is 3.31. The summed E-state index contributed by atoms with van der Waals surface area (Å²) in [4.78, 5) is 0. The van der Waals surface area contributed by atoms with E-state index in [0.29, 0.717) is 34.1 Å². The Labute approximate surface area is 153 Å². The van der Waals surface area contributed by atoms with Crippen LogP contribution < -0.4 is 18.9 Å². The molecule has 0 aliphatic rings. The first-order valence-electron chi connectivity index (χ1n) is 7.76. The van der Waals surface area contributed by atoms with Gasteiger partial charge < -0.3 is 18.9 Å². The molecule has 0 heterocycles. The first-order valence-corrected chi connectivity index (χ1v) is 9.47. The predicted molar refractivity (Wildman–Crippen MR) is 101 cm³/mol. The van der Waals surface area contributed by atoms with Gasteiger partial charge in [-0.15, -0.1) is 0 Å². The fraction of sp³-hybridized carbons (Fsp3) is 0.263. The Balaban J connectivity index is 2.26. The first kappa shape index (κ1) is 19.7. The number of hydrogen-bond donors (Lipinski definition) is 0. The van der Waals surface area contributed by atoms with Crippen molar-refractivity contribution in [3.8, 4) is 23.0 Å². The van der Waals surface area contributed by atoms with Crippen LogP contribution in [0.2, 0.25) is 0 Å². The highest BCUT2D eigenvalue weighted by Gasteiger charge is 2.12. The molecule has 0 aliphatic heterocycles. The molecule has 0 amide bonds. The summed E-state index contributed by atoms with van der Waals surface area (Å²) >= 11 is 0. The highest BCUT2D eigenvalue weighted by atomic mass is 32.2. The molecule has 6 nitrogen and oxygen atoms in total.